The first kappa shape index (κ1) is 84.4. The maximum absolute atomic E-state index is 12.9. The zero-order valence-electron chi connectivity index (χ0n) is 54.5. The highest BCUT2D eigenvalue weighted by molar-refractivity contribution is 7.47. The second-order valence-electron chi connectivity index (χ2n) is 21.5. The lowest BCUT2D eigenvalue weighted by molar-refractivity contribution is -0.161. The van der Waals surface area contributed by atoms with Crippen molar-refractivity contribution in [3.63, 3.8) is 0 Å². The number of hydrogen-bond acceptors (Lipinski definition) is 14. The molecule has 18 heteroatoms. The van der Waals surface area contributed by atoms with E-state index < -0.39 is 91.5 Å². The summed E-state index contributed by atoms with van der Waals surface area (Å²) in [4.78, 5) is 58.2. The fraction of sp³-hybridized carbons (Fsp3) is 0.620. The molecule has 0 fully saturated rings. The first-order chi connectivity index (χ1) is 43.2. The van der Waals surface area contributed by atoms with Gasteiger partial charge in [-0.2, -0.15) is 0 Å². The molecule has 0 aliphatic carbocycles. The number of phosphoric ester groups is 2. The Hall–Kier alpha value is -4.57. The van der Waals surface area contributed by atoms with Gasteiger partial charge in [0.05, 0.1) is 26.4 Å². The van der Waals surface area contributed by atoms with E-state index in [0.29, 0.717) is 19.3 Å². The van der Waals surface area contributed by atoms with Crippen molar-refractivity contribution in [3.8, 4) is 0 Å². The SMILES string of the molecule is CC/C=C\C/C=C\C/C=C\C/C=C\C/C=C\C/C=C\CCCCC(=O)OCC(O)COP(=O)(O)OCC(O)COP(=O)(O)OCC(COC(=O)CCCC/C=C\C/C=C\C/C=C\C/C=C\C/C=C\C/C=C\CC)OC(=O)CCCCCCCCCCCCC. The molecule has 0 heterocycles. The second kappa shape index (κ2) is 63.6. The summed E-state index contributed by atoms with van der Waals surface area (Å²) in [5.74, 6) is -1.68. The van der Waals surface area contributed by atoms with Crippen LogP contribution in [-0.4, -0.2) is 95.9 Å². The molecule has 0 aromatic rings. The Labute approximate surface area is 537 Å². The summed E-state index contributed by atoms with van der Waals surface area (Å²) in [7, 11) is -9.80. The number of rotatable bonds is 61. The van der Waals surface area contributed by atoms with Crippen LogP contribution in [0.25, 0.3) is 0 Å². The van der Waals surface area contributed by atoms with Gasteiger partial charge in [0.15, 0.2) is 6.10 Å². The van der Waals surface area contributed by atoms with Crippen LogP contribution in [0.5, 0.6) is 0 Å². The third-order valence-electron chi connectivity index (χ3n) is 13.1. The highest BCUT2D eigenvalue weighted by Gasteiger charge is 2.29. The Morgan fingerprint density at radius 2 is 0.596 bits per heavy atom. The molecule has 0 saturated carbocycles. The van der Waals surface area contributed by atoms with Crippen LogP contribution in [-0.2, 0) is 55.8 Å². The Morgan fingerprint density at radius 1 is 0.326 bits per heavy atom. The Kier molecular flexibility index (Phi) is 60.3. The van der Waals surface area contributed by atoms with Crippen molar-refractivity contribution in [2.24, 2.45) is 0 Å². The Morgan fingerprint density at radius 3 is 0.944 bits per heavy atom. The lowest BCUT2D eigenvalue weighted by Gasteiger charge is -2.21. The van der Waals surface area contributed by atoms with Gasteiger partial charge in [-0.25, -0.2) is 9.13 Å². The molecular weight excluding hydrogens is 1170 g/mol. The maximum atomic E-state index is 12.9. The number of carbonyl (C=O) groups excluding carboxylic acids is 3. The highest BCUT2D eigenvalue weighted by Crippen LogP contribution is 2.45. The minimum absolute atomic E-state index is 0.0910. The molecule has 0 spiro atoms. The predicted octanol–water partition coefficient (Wildman–Crippen LogP) is 18.2. The Bertz CT molecular complexity index is 2210. The van der Waals surface area contributed by atoms with E-state index in [1.807, 2.05) is 0 Å². The number of allylic oxidation sites excluding steroid dienone is 24. The molecular formula is C71H116O16P2. The van der Waals surface area contributed by atoms with Gasteiger partial charge < -0.3 is 34.2 Å². The monoisotopic (exact) mass is 1290 g/mol. The first-order valence-corrected chi connectivity index (χ1v) is 36.1. The fourth-order valence-corrected chi connectivity index (χ4v) is 9.63. The van der Waals surface area contributed by atoms with Gasteiger partial charge >= 0.3 is 33.6 Å². The number of unbranched alkanes of at least 4 members (excludes halogenated alkanes) is 14. The zero-order chi connectivity index (χ0) is 65.3. The first-order valence-electron chi connectivity index (χ1n) is 33.1. The fourth-order valence-electron chi connectivity index (χ4n) is 8.04. The molecule has 0 saturated heterocycles. The van der Waals surface area contributed by atoms with E-state index in [-0.39, 0.29) is 19.3 Å². The van der Waals surface area contributed by atoms with Crippen molar-refractivity contribution in [2.75, 3.05) is 39.6 Å². The van der Waals surface area contributed by atoms with Gasteiger partial charge in [0.1, 0.15) is 25.4 Å². The molecule has 89 heavy (non-hydrogen) atoms. The van der Waals surface area contributed by atoms with E-state index in [1.165, 1.54) is 38.5 Å². The van der Waals surface area contributed by atoms with Crippen LogP contribution in [0.2, 0.25) is 0 Å². The molecule has 0 aromatic heterocycles. The number of carbonyl (C=O) groups is 3. The second-order valence-corrected chi connectivity index (χ2v) is 24.4. The summed E-state index contributed by atoms with van der Waals surface area (Å²) in [6.07, 6.45) is 74.9. The zero-order valence-corrected chi connectivity index (χ0v) is 56.3. The summed E-state index contributed by atoms with van der Waals surface area (Å²) in [5, 5.41) is 20.5. The topological polar surface area (TPSA) is 231 Å². The van der Waals surface area contributed by atoms with Crippen molar-refractivity contribution in [2.45, 2.75) is 245 Å². The van der Waals surface area contributed by atoms with E-state index in [0.717, 1.165) is 128 Å². The van der Waals surface area contributed by atoms with Crippen molar-refractivity contribution in [3.05, 3.63) is 146 Å². The number of hydrogen-bond donors (Lipinski definition) is 4. The van der Waals surface area contributed by atoms with Crippen LogP contribution >= 0.6 is 15.6 Å². The van der Waals surface area contributed by atoms with Crippen molar-refractivity contribution in [1.82, 2.24) is 0 Å². The van der Waals surface area contributed by atoms with E-state index in [9.17, 15) is 43.5 Å². The van der Waals surface area contributed by atoms with Crippen molar-refractivity contribution < 1.29 is 75.8 Å². The van der Waals surface area contributed by atoms with Gasteiger partial charge in [-0.3, -0.25) is 32.5 Å². The number of esters is 3. The average Bonchev–Trinajstić information content (AvgIpc) is 3.64. The van der Waals surface area contributed by atoms with E-state index >= 15 is 0 Å². The van der Waals surface area contributed by atoms with Crippen LogP contribution in [0.4, 0.5) is 0 Å². The average molecular weight is 1290 g/mol. The summed E-state index contributed by atoms with van der Waals surface area (Å²) in [6.45, 7) is 2.29. The molecule has 0 aromatic carbocycles. The van der Waals surface area contributed by atoms with Gasteiger partial charge in [0.25, 0.3) is 0 Å². The van der Waals surface area contributed by atoms with Gasteiger partial charge in [-0.15, -0.1) is 0 Å². The van der Waals surface area contributed by atoms with E-state index in [1.54, 1.807) is 0 Å². The smallest absolute Gasteiger partial charge is 0.463 e. The van der Waals surface area contributed by atoms with Crippen LogP contribution in [0.3, 0.4) is 0 Å². The van der Waals surface area contributed by atoms with Crippen LogP contribution in [0, 0.1) is 0 Å². The molecule has 5 atom stereocenters. The molecule has 0 rings (SSSR count). The molecule has 0 bridgehead atoms. The standard InChI is InChI=1S/C71H116O16P2/c1-4-7-10-13-16-19-22-24-26-28-30-32-34-36-38-40-43-45-48-51-54-57-69(74)81-60-66(72)61-83-88(77,78)84-62-67(73)63-85-89(79,80)86-65-68(87-71(76)59-56-53-50-47-42-21-18-15-12-9-6-3)64-82-70(75)58-55-52-49-46-44-41-39-37-35-33-31-29-27-25-23-20-17-14-11-8-5-2/h7-8,10-11,16-17,19-20,24-27,30-33,36-39,43-46,66-68,72-73H,4-6,9,12-15,18,21-23,28-29,34-35,40-42,47-65H2,1-3H3,(H,77,78)(H,79,80)/b10-7-,11-8-,19-16-,20-17-,26-24-,27-25-,32-30-,33-31-,38-36-,39-37-,45-43-,46-44-. The minimum atomic E-state index is -4.94. The lowest BCUT2D eigenvalue weighted by Crippen LogP contribution is -2.30. The molecule has 5 unspecified atom stereocenters. The normalized spacial score (nSPS) is 15.2. The summed E-state index contributed by atoms with van der Waals surface area (Å²) >= 11 is 0. The number of aliphatic hydroxyl groups is 2. The number of ether oxygens (including phenoxy) is 3. The number of aliphatic hydroxyl groups excluding tert-OH is 2. The van der Waals surface area contributed by atoms with Crippen LogP contribution in [0.15, 0.2) is 146 Å². The largest absolute Gasteiger partial charge is 0.472 e. The lowest BCUT2D eigenvalue weighted by atomic mass is 10.1. The van der Waals surface area contributed by atoms with Crippen LogP contribution < -0.4 is 0 Å². The quantitative estimate of drug-likeness (QED) is 0.0146. The summed E-state index contributed by atoms with van der Waals surface area (Å²) in [6, 6.07) is 0. The van der Waals surface area contributed by atoms with Crippen LogP contribution in [0.1, 0.15) is 226 Å². The van der Waals surface area contributed by atoms with Gasteiger partial charge in [-0.05, 0) is 122 Å². The highest BCUT2D eigenvalue weighted by atomic mass is 31.2. The molecule has 506 valence electrons. The molecule has 0 radical (unpaired) electrons. The Balaban J connectivity index is 4.70. The molecule has 4 N–H and O–H groups in total. The van der Waals surface area contributed by atoms with Gasteiger partial charge in [-0.1, -0.05) is 231 Å². The maximum Gasteiger partial charge on any atom is 0.472 e. The molecule has 0 amide bonds. The van der Waals surface area contributed by atoms with Crippen molar-refractivity contribution >= 4 is 33.6 Å². The van der Waals surface area contributed by atoms with Gasteiger partial charge in [0.2, 0.25) is 0 Å². The predicted molar refractivity (Wildman–Crippen MR) is 362 cm³/mol. The molecule has 16 nitrogen and oxygen atoms in total. The third-order valence-corrected chi connectivity index (χ3v) is 15.0. The minimum Gasteiger partial charge on any atom is -0.463 e. The third kappa shape index (κ3) is 64.8. The number of phosphoric acid groups is 2. The summed E-state index contributed by atoms with van der Waals surface area (Å²) in [5.41, 5.74) is 0. The summed E-state index contributed by atoms with van der Waals surface area (Å²) < 4.78 is 60.7. The van der Waals surface area contributed by atoms with E-state index in [2.05, 4.69) is 167 Å². The van der Waals surface area contributed by atoms with Gasteiger partial charge in [0, 0.05) is 19.3 Å². The van der Waals surface area contributed by atoms with Crippen molar-refractivity contribution in [1.29, 1.82) is 0 Å². The molecule has 0 aliphatic heterocycles. The molecule has 0 aliphatic rings. The van der Waals surface area contributed by atoms with E-state index in [4.69, 9.17) is 32.3 Å².